The first-order chi connectivity index (χ1) is 16.0. The van der Waals surface area contributed by atoms with E-state index in [-0.39, 0.29) is 24.7 Å². The Morgan fingerprint density at radius 1 is 0.848 bits per heavy atom. The molecule has 6 heteroatoms. The average Bonchev–Trinajstić information content (AvgIpc) is 2.82. The van der Waals surface area contributed by atoms with Crippen molar-refractivity contribution in [3.05, 3.63) is 65.7 Å². The number of carbonyl (C=O) groups excluding carboxylic acids is 2. The fourth-order valence-corrected chi connectivity index (χ4v) is 3.37. The minimum atomic E-state index is -1.01. The number of amides is 2. The van der Waals surface area contributed by atoms with Gasteiger partial charge in [-0.1, -0.05) is 81.5 Å². The topological polar surface area (TPSA) is 95.5 Å². The molecule has 0 heterocycles. The van der Waals surface area contributed by atoms with Gasteiger partial charge < -0.3 is 15.7 Å². The summed E-state index contributed by atoms with van der Waals surface area (Å²) < 4.78 is 0. The molecule has 6 nitrogen and oxygen atoms in total. The van der Waals surface area contributed by atoms with Crippen LogP contribution < -0.4 is 10.6 Å². The SMILES string of the molecule is CCCCCCCCNC(=O)/C(=C\c1ccc(NC(=O)CCC(=O)O)cc1)c1ccccc1. The van der Waals surface area contributed by atoms with Crippen LogP contribution in [-0.4, -0.2) is 29.4 Å². The summed E-state index contributed by atoms with van der Waals surface area (Å²) >= 11 is 0. The fraction of sp³-hybridized carbons (Fsp3) is 0.370. The number of rotatable bonds is 14. The zero-order valence-electron chi connectivity index (χ0n) is 19.3. The highest BCUT2D eigenvalue weighted by Crippen LogP contribution is 2.20. The molecule has 0 bridgehead atoms. The van der Waals surface area contributed by atoms with E-state index in [4.69, 9.17) is 5.11 Å². The zero-order valence-corrected chi connectivity index (χ0v) is 19.3. The van der Waals surface area contributed by atoms with Gasteiger partial charge in [-0.15, -0.1) is 0 Å². The second kappa shape index (κ2) is 14.6. The van der Waals surface area contributed by atoms with Crippen molar-refractivity contribution >= 4 is 35.1 Å². The zero-order chi connectivity index (χ0) is 23.9. The lowest BCUT2D eigenvalue weighted by Gasteiger charge is -2.10. The van der Waals surface area contributed by atoms with Crippen molar-refractivity contribution in [2.75, 3.05) is 11.9 Å². The van der Waals surface area contributed by atoms with Gasteiger partial charge in [0.05, 0.1) is 6.42 Å². The fourth-order valence-electron chi connectivity index (χ4n) is 3.37. The summed E-state index contributed by atoms with van der Waals surface area (Å²) in [4.78, 5) is 35.3. The number of nitrogens with one attached hydrogen (secondary N) is 2. The summed E-state index contributed by atoms with van der Waals surface area (Å²) in [6, 6.07) is 16.6. The smallest absolute Gasteiger partial charge is 0.303 e. The van der Waals surface area contributed by atoms with Crippen molar-refractivity contribution in [1.29, 1.82) is 0 Å². The van der Waals surface area contributed by atoms with Crippen LogP contribution in [0.25, 0.3) is 11.6 Å². The number of carboxylic acids is 1. The summed E-state index contributed by atoms with van der Waals surface area (Å²) in [5.41, 5.74) is 2.83. The summed E-state index contributed by atoms with van der Waals surface area (Å²) in [5, 5.41) is 14.4. The molecule has 33 heavy (non-hydrogen) atoms. The van der Waals surface area contributed by atoms with Gasteiger partial charge in [0.1, 0.15) is 0 Å². The quantitative estimate of drug-likeness (QED) is 0.201. The van der Waals surface area contributed by atoms with E-state index in [0.29, 0.717) is 17.8 Å². The number of carbonyl (C=O) groups is 3. The van der Waals surface area contributed by atoms with Gasteiger partial charge in [-0.3, -0.25) is 14.4 Å². The Morgan fingerprint density at radius 3 is 2.18 bits per heavy atom. The first-order valence-corrected chi connectivity index (χ1v) is 11.7. The first kappa shape index (κ1) is 25.8. The Balaban J connectivity index is 2.02. The molecular formula is C27H34N2O4. The van der Waals surface area contributed by atoms with E-state index >= 15 is 0 Å². The number of hydrogen-bond donors (Lipinski definition) is 3. The van der Waals surface area contributed by atoms with Crippen LogP contribution in [0.15, 0.2) is 54.6 Å². The van der Waals surface area contributed by atoms with E-state index in [9.17, 15) is 14.4 Å². The number of unbranched alkanes of at least 4 members (excludes halogenated alkanes) is 5. The molecule has 0 saturated heterocycles. The van der Waals surface area contributed by atoms with Crippen molar-refractivity contribution in [1.82, 2.24) is 5.32 Å². The summed E-state index contributed by atoms with van der Waals surface area (Å²) in [5.74, 6) is -1.46. The molecule has 176 valence electrons. The van der Waals surface area contributed by atoms with Gasteiger partial charge in [0.25, 0.3) is 5.91 Å². The van der Waals surface area contributed by atoms with Crippen LogP contribution in [0.3, 0.4) is 0 Å². The monoisotopic (exact) mass is 450 g/mol. The maximum absolute atomic E-state index is 12.9. The van der Waals surface area contributed by atoms with Crippen LogP contribution in [0.1, 0.15) is 69.4 Å². The second-order valence-corrected chi connectivity index (χ2v) is 8.01. The maximum atomic E-state index is 12.9. The molecule has 0 fully saturated rings. The maximum Gasteiger partial charge on any atom is 0.303 e. The lowest BCUT2D eigenvalue weighted by molar-refractivity contribution is -0.138. The third-order valence-corrected chi connectivity index (χ3v) is 5.22. The Labute approximate surface area is 196 Å². The number of benzene rings is 2. The van der Waals surface area contributed by atoms with Crippen molar-refractivity contribution in [3.8, 4) is 0 Å². The number of carboxylic acid groups (broad SMARTS) is 1. The van der Waals surface area contributed by atoms with Gasteiger partial charge in [0.15, 0.2) is 0 Å². The van der Waals surface area contributed by atoms with Gasteiger partial charge >= 0.3 is 5.97 Å². The van der Waals surface area contributed by atoms with Gasteiger partial charge in [0.2, 0.25) is 5.91 Å². The van der Waals surface area contributed by atoms with Gasteiger partial charge in [-0.25, -0.2) is 0 Å². The molecular weight excluding hydrogens is 416 g/mol. The molecule has 0 unspecified atom stereocenters. The van der Waals surface area contributed by atoms with E-state index in [1.807, 2.05) is 48.5 Å². The van der Waals surface area contributed by atoms with Crippen LogP contribution in [0.4, 0.5) is 5.69 Å². The van der Waals surface area contributed by atoms with Crippen LogP contribution in [0.2, 0.25) is 0 Å². The molecule has 3 N–H and O–H groups in total. The predicted octanol–water partition coefficient (Wildman–Crippen LogP) is 5.51. The third-order valence-electron chi connectivity index (χ3n) is 5.22. The Bertz CT molecular complexity index is 921. The molecule has 0 aliphatic carbocycles. The molecule has 0 aliphatic heterocycles. The van der Waals surface area contributed by atoms with Gasteiger partial charge in [0, 0.05) is 24.2 Å². The molecule has 0 aromatic heterocycles. The summed E-state index contributed by atoms with van der Waals surface area (Å²) in [6.45, 7) is 2.85. The third kappa shape index (κ3) is 10.2. The van der Waals surface area contributed by atoms with E-state index in [1.165, 1.54) is 25.7 Å². The molecule has 0 spiro atoms. The number of aliphatic carboxylic acids is 1. The summed E-state index contributed by atoms with van der Waals surface area (Å²) in [7, 11) is 0. The summed E-state index contributed by atoms with van der Waals surface area (Å²) in [6.07, 6.45) is 8.56. The Hall–Kier alpha value is -3.41. The molecule has 2 aromatic rings. The van der Waals surface area contributed by atoms with Crippen molar-refractivity contribution in [2.45, 2.75) is 58.3 Å². The van der Waals surface area contributed by atoms with Gasteiger partial charge in [-0.05, 0) is 35.8 Å². The number of anilines is 1. The molecule has 2 amide bonds. The normalized spacial score (nSPS) is 11.1. The predicted molar refractivity (Wildman–Crippen MR) is 133 cm³/mol. The van der Waals surface area contributed by atoms with E-state index < -0.39 is 5.97 Å². The van der Waals surface area contributed by atoms with Gasteiger partial charge in [-0.2, -0.15) is 0 Å². The highest BCUT2D eigenvalue weighted by Gasteiger charge is 2.12. The van der Waals surface area contributed by atoms with E-state index in [1.54, 1.807) is 12.1 Å². The molecule has 0 atom stereocenters. The Morgan fingerprint density at radius 2 is 1.52 bits per heavy atom. The van der Waals surface area contributed by atoms with E-state index in [2.05, 4.69) is 17.6 Å². The van der Waals surface area contributed by atoms with E-state index in [0.717, 1.165) is 24.0 Å². The minimum Gasteiger partial charge on any atom is -0.481 e. The van der Waals surface area contributed by atoms with Crippen molar-refractivity contribution in [3.63, 3.8) is 0 Å². The largest absolute Gasteiger partial charge is 0.481 e. The molecule has 2 rings (SSSR count). The van der Waals surface area contributed by atoms with Crippen molar-refractivity contribution in [2.24, 2.45) is 0 Å². The standard InChI is InChI=1S/C27H34N2O4/c1-2-3-4-5-6-10-19-28-27(33)24(22-11-8-7-9-12-22)20-21-13-15-23(16-14-21)29-25(30)17-18-26(31)32/h7-9,11-16,20H,2-6,10,17-19H2,1H3,(H,28,33)(H,29,30)(H,31,32)/b24-20-. The average molecular weight is 451 g/mol. The lowest BCUT2D eigenvalue weighted by atomic mass is 10.0. The minimum absolute atomic E-state index is 0.0755. The van der Waals surface area contributed by atoms with Crippen LogP contribution in [0, 0.1) is 0 Å². The Kier molecular flexibility index (Phi) is 11.4. The lowest BCUT2D eigenvalue weighted by Crippen LogP contribution is -2.25. The highest BCUT2D eigenvalue weighted by molar-refractivity contribution is 6.24. The number of hydrogen-bond acceptors (Lipinski definition) is 3. The highest BCUT2D eigenvalue weighted by atomic mass is 16.4. The second-order valence-electron chi connectivity index (χ2n) is 8.01. The molecule has 0 saturated carbocycles. The molecule has 2 aromatic carbocycles. The van der Waals surface area contributed by atoms with Crippen LogP contribution in [-0.2, 0) is 14.4 Å². The van der Waals surface area contributed by atoms with Crippen LogP contribution in [0.5, 0.6) is 0 Å². The first-order valence-electron chi connectivity index (χ1n) is 11.7. The molecule has 0 aliphatic rings. The van der Waals surface area contributed by atoms with Crippen LogP contribution >= 0.6 is 0 Å². The van der Waals surface area contributed by atoms with Crippen molar-refractivity contribution < 1.29 is 19.5 Å². The molecule has 0 radical (unpaired) electrons.